The van der Waals surface area contributed by atoms with E-state index in [0.717, 1.165) is 0 Å². The molecule has 5 heteroatoms. The second-order valence-corrected chi connectivity index (χ2v) is 5.05. The van der Waals surface area contributed by atoms with Crippen LogP contribution in [0.2, 0.25) is 10.0 Å². The van der Waals surface area contributed by atoms with Gasteiger partial charge in [0.05, 0.1) is 19.8 Å². The standard InChI is InChI=1S/C15H14Cl2O3/c1-19-12-4-3-5-13(20-2)14(12)15(18)9-6-10(16)8-11(17)7-9/h3-8,15,18H,1-2H3. The van der Waals surface area contributed by atoms with Gasteiger partial charge in [-0.15, -0.1) is 0 Å². The molecular weight excluding hydrogens is 299 g/mol. The quantitative estimate of drug-likeness (QED) is 0.924. The van der Waals surface area contributed by atoms with Crippen molar-refractivity contribution in [3.8, 4) is 11.5 Å². The number of halogens is 2. The van der Waals surface area contributed by atoms with Crippen LogP contribution in [0.25, 0.3) is 0 Å². The first kappa shape index (κ1) is 15.0. The number of hydrogen-bond donors (Lipinski definition) is 1. The average molecular weight is 313 g/mol. The van der Waals surface area contributed by atoms with Gasteiger partial charge in [0, 0.05) is 10.0 Å². The van der Waals surface area contributed by atoms with E-state index in [-0.39, 0.29) is 0 Å². The monoisotopic (exact) mass is 312 g/mol. The van der Waals surface area contributed by atoms with Crippen LogP contribution in [0.1, 0.15) is 17.2 Å². The molecule has 1 atom stereocenters. The zero-order valence-electron chi connectivity index (χ0n) is 11.1. The Morgan fingerprint density at radius 1 is 0.950 bits per heavy atom. The molecule has 0 fully saturated rings. The molecule has 0 heterocycles. The van der Waals surface area contributed by atoms with E-state index in [2.05, 4.69) is 0 Å². The molecule has 0 spiro atoms. The van der Waals surface area contributed by atoms with Gasteiger partial charge < -0.3 is 14.6 Å². The molecule has 0 aliphatic rings. The van der Waals surface area contributed by atoms with Crippen LogP contribution >= 0.6 is 23.2 Å². The minimum Gasteiger partial charge on any atom is -0.496 e. The maximum absolute atomic E-state index is 10.6. The smallest absolute Gasteiger partial charge is 0.128 e. The summed E-state index contributed by atoms with van der Waals surface area (Å²) in [5, 5.41) is 11.5. The summed E-state index contributed by atoms with van der Waals surface area (Å²) >= 11 is 11.9. The summed E-state index contributed by atoms with van der Waals surface area (Å²) < 4.78 is 10.6. The number of benzene rings is 2. The first-order chi connectivity index (χ1) is 9.56. The lowest BCUT2D eigenvalue weighted by molar-refractivity contribution is 0.209. The van der Waals surface area contributed by atoms with Crippen molar-refractivity contribution in [2.45, 2.75) is 6.10 Å². The lowest BCUT2D eigenvalue weighted by Crippen LogP contribution is -2.05. The molecule has 106 valence electrons. The van der Waals surface area contributed by atoms with Crippen LogP contribution in [0.4, 0.5) is 0 Å². The van der Waals surface area contributed by atoms with Crippen LogP contribution < -0.4 is 9.47 Å². The normalized spacial score (nSPS) is 12.1. The molecule has 2 rings (SSSR count). The summed E-state index contributed by atoms with van der Waals surface area (Å²) in [5.74, 6) is 1.07. The predicted molar refractivity (Wildman–Crippen MR) is 80.1 cm³/mol. The first-order valence-corrected chi connectivity index (χ1v) is 6.67. The van der Waals surface area contributed by atoms with Gasteiger partial charge in [0.1, 0.15) is 17.6 Å². The fourth-order valence-electron chi connectivity index (χ4n) is 2.05. The number of aliphatic hydroxyl groups is 1. The highest BCUT2D eigenvalue weighted by Gasteiger charge is 2.21. The largest absolute Gasteiger partial charge is 0.496 e. The van der Waals surface area contributed by atoms with E-state index in [9.17, 15) is 5.11 Å². The first-order valence-electron chi connectivity index (χ1n) is 5.91. The van der Waals surface area contributed by atoms with Gasteiger partial charge in [-0.2, -0.15) is 0 Å². The maximum Gasteiger partial charge on any atom is 0.128 e. The third-order valence-corrected chi connectivity index (χ3v) is 3.38. The van der Waals surface area contributed by atoms with E-state index in [1.807, 2.05) is 0 Å². The van der Waals surface area contributed by atoms with Crippen molar-refractivity contribution in [1.82, 2.24) is 0 Å². The number of methoxy groups -OCH3 is 2. The second kappa shape index (κ2) is 6.35. The van der Waals surface area contributed by atoms with Crippen LogP contribution in [0, 0.1) is 0 Å². The second-order valence-electron chi connectivity index (χ2n) is 4.18. The van der Waals surface area contributed by atoms with Gasteiger partial charge in [0.2, 0.25) is 0 Å². The average Bonchev–Trinajstić information content (AvgIpc) is 2.44. The van der Waals surface area contributed by atoms with Crippen LogP contribution in [-0.2, 0) is 0 Å². The van der Waals surface area contributed by atoms with Crippen molar-refractivity contribution in [3.63, 3.8) is 0 Å². The Kier molecular flexibility index (Phi) is 4.76. The summed E-state index contributed by atoms with van der Waals surface area (Å²) in [5.41, 5.74) is 1.11. The van der Waals surface area contributed by atoms with Gasteiger partial charge >= 0.3 is 0 Å². The number of aliphatic hydroxyl groups excluding tert-OH is 1. The van der Waals surface area contributed by atoms with E-state index in [1.165, 1.54) is 14.2 Å². The van der Waals surface area contributed by atoms with Gasteiger partial charge in [0.25, 0.3) is 0 Å². The van der Waals surface area contributed by atoms with Gasteiger partial charge in [-0.3, -0.25) is 0 Å². The zero-order valence-corrected chi connectivity index (χ0v) is 12.6. The summed E-state index contributed by atoms with van der Waals surface area (Å²) in [7, 11) is 3.08. The maximum atomic E-state index is 10.6. The molecule has 0 aliphatic carbocycles. The molecule has 2 aromatic rings. The van der Waals surface area contributed by atoms with Crippen molar-refractivity contribution >= 4 is 23.2 Å². The summed E-state index contributed by atoms with van der Waals surface area (Å²) in [6.07, 6.45) is -0.947. The van der Waals surface area contributed by atoms with E-state index in [1.54, 1.807) is 36.4 Å². The molecule has 0 aliphatic heterocycles. The molecule has 0 bridgehead atoms. The molecule has 2 aromatic carbocycles. The fourth-order valence-corrected chi connectivity index (χ4v) is 2.59. The Morgan fingerprint density at radius 3 is 1.90 bits per heavy atom. The Bertz CT molecular complexity index is 572. The van der Waals surface area contributed by atoms with Gasteiger partial charge in [-0.05, 0) is 35.9 Å². The summed E-state index contributed by atoms with van der Waals surface area (Å²) in [6, 6.07) is 10.2. The molecular formula is C15H14Cl2O3. The molecule has 1 N–H and O–H groups in total. The van der Waals surface area contributed by atoms with E-state index in [4.69, 9.17) is 32.7 Å². The Labute approximate surface area is 127 Å². The highest BCUT2D eigenvalue weighted by Crippen LogP contribution is 2.38. The SMILES string of the molecule is COc1cccc(OC)c1C(O)c1cc(Cl)cc(Cl)c1. The molecule has 1 unspecified atom stereocenters. The van der Waals surface area contributed by atoms with Crippen LogP contribution in [0.5, 0.6) is 11.5 Å². The molecule has 0 saturated heterocycles. The molecule has 20 heavy (non-hydrogen) atoms. The van der Waals surface area contributed by atoms with Crippen molar-refractivity contribution in [2.24, 2.45) is 0 Å². The van der Waals surface area contributed by atoms with Gasteiger partial charge in [-0.1, -0.05) is 29.3 Å². The molecule has 0 saturated carbocycles. The van der Waals surface area contributed by atoms with Crippen molar-refractivity contribution in [2.75, 3.05) is 14.2 Å². The van der Waals surface area contributed by atoms with Gasteiger partial charge in [0.15, 0.2) is 0 Å². The van der Waals surface area contributed by atoms with Crippen molar-refractivity contribution in [1.29, 1.82) is 0 Å². The minimum atomic E-state index is -0.947. The van der Waals surface area contributed by atoms with Crippen LogP contribution in [0.15, 0.2) is 36.4 Å². The van der Waals surface area contributed by atoms with Crippen LogP contribution in [0.3, 0.4) is 0 Å². The molecule has 0 amide bonds. The Balaban J connectivity index is 2.54. The summed E-state index contributed by atoms with van der Waals surface area (Å²) in [6.45, 7) is 0. The predicted octanol–water partition coefficient (Wildman–Crippen LogP) is 4.09. The Hall–Kier alpha value is -1.42. The topological polar surface area (TPSA) is 38.7 Å². The number of ether oxygens (including phenoxy) is 2. The zero-order chi connectivity index (χ0) is 14.7. The summed E-state index contributed by atoms with van der Waals surface area (Å²) in [4.78, 5) is 0. The van der Waals surface area contributed by atoms with Crippen LogP contribution in [-0.4, -0.2) is 19.3 Å². The fraction of sp³-hybridized carbons (Fsp3) is 0.200. The van der Waals surface area contributed by atoms with E-state index < -0.39 is 6.10 Å². The van der Waals surface area contributed by atoms with Gasteiger partial charge in [-0.25, -0.2) is 0 Å². The third-order valence-electron chi connectivity index (χ3n) is 2.94. The number of rotatable bonds is 4. The third kappa shape index (κ3) is 3.01. The number of hydrogen-bond acceptors (Lipinski definition) is 3. The van der Waals surface area contributed by atoms with Crippen molar-refractivity contribution < 1.29 is 14.6 Å². The Morgan fingerprint density at radius 2 is 1.45 bits per heavy atom. The molecule has 3 nitrogen and oxygen atoms in total. The minimum absolute atomic E-state index is 0.459. The van der Waals surface area contributed by atoms with E-state index >= 15 is 0 Å². The van der Waals surface area contributed by atoms with Crippen molar-refractivity contribution in [3.05, 3.63) is 57.6 Å². The molecule has 0 radical (unpaired) electrons. The van der Waals surface area contributed by atoms with E-state index in [0.29, 0.717) is 32.7 Å². The lowest BCUT2D eigenvalue weighted by Gasteiger charge is -2.18. The molecule has 0 aromatic heterocycles. The lowest BCUT2D eigenvalue weighted by atomic mass is 9.99. The highest BCUT2D eigenvalue weighted by atomic mass is 35.5. The highest BCUT2D eigenvalue weighted by molar-refractivity contribution is 6.34.